The maximum atomic E-state index is 14.3. The standard InChI is InChI=1S/C27H33F3N4O4S/c1-16-22(23(35)32-13-18-9-10-19(14-31-18)39(5,37)38)33-24(25(2,3)4)34(16)15-17-7-6-8-20(26(36)11-12-26)21(17)27(28,29)30/h6-10,14,20-21,36H,11-13,15H2,1-5H3,(H,32,35). The normalized spacial score (nSPS) is 21.0. The van der Waals surface area contributed by atoms with Gasteiger partial charge in [-0.2, -0.15) is 13.2 Å². The van der Waals surface area contributed by atoms with Crippen molar-refractivity contribution in [1.82, 2.24) is 19.9 Å². The molecule has 2 aromatic rings. The molecule has 1 fully saturated rings. The fourth-order valence-electron chi connectivity index (χ4n) is 4.95. The van der Waals surface area contributed by atoms with Gasteiger partial charge in [0.25, 0.3) is 5.91 Å². The number of pyridine rings is 1. The minimum absolute atomic E-state index is 0.00633. The fraction of sp³-hybridized carbons (Fsp3) is 0.519. The van der Waals surface area contributed by atoms with Crippen LogP contribution >= 0.6 is 0 Å². The molecule has 8 nitrogen and oxygen atoms in total. The highest BCUT2D eigenvalue weighted by Gasteiger charge is 2.58. The van der Waals surface area contributed by atoms with E-state index < -0.39 is 44.8 Å². The maximum absolute atomic E-state index is 14.3. The number of amides is 1. The Kier molecular flexibility index (Phi) is 7.35. The van der Waals surface area contributed by atoms with E-state index in [1.807, 2.05) is 20.8 Å². The predicted molar refractivity (Wildman–Crippen MR) is 139 cm³/mol. The number of carbonyl (C=O) groups is 1. The van der Waals surface area contributed by atoms with Gasteiger partial charge in [0.2, 0.25) is 0 Å². The molecule has 2 aliphatic rings. The van der Waals surface area contributed by atoms with Crippen molar-refractivity contribution in [3.8, 4) is 0 Å². The molecule has 0 saturated heterocycles. The Morgan fingerprint density at radius 1 is 1.23 bits per heavy atom. The van der Waals surface area contributed by atoms with Crippen molar-refractivity contribution in [2.75, 3.05) is 6.26 Å². The molecular weight excluding hydrogens is 533 g/mol. The Labute approximate surface area is 226 Å². The molecule has 4 rings (SSSR count). The third kappa shape index (κ3) is 6.11. The molecule has 2 unspecified atom stereocenters. The number of imidazole rings is 1. The van der Waals surface area contributed by atoms with Crippen LogP contribution in [0.3, 0.4) is 0 Å². The van der Waals surface area contributed by atoms with Gasteiger partial charge in [0, 0.05) is 36.0 Å². The van der Waals surface area contributed by atoms with Crippen LogP contribution in [0.25, 0.3) is 0 Å². The van der Waals surface area contributed by atoms with Crippen molar-refractivity contribution in [2.24, 2.45) is 11.8 Å². The summed E-state index contributed by atoms with van der Waals surface area (Å²) in [6.45, 7) is 7.12. The van der Waals surface area contributed by atoms with E-state index in [2.05, 4.69) is 15.3 Å². The van der Waals surface area contributed by atoms with Gasteiger partial charge in [0.15, 0.2) is 9.84 Å². The van der Waals surface area contributed by atoms with Crippen LogP contribution < -0.4 is 5.32 Å². The van der Waals surface area contributed by atoms with E-state index in [9.17, 15) is 31.5 Å². The molecule has 0 aromatic carbocycles. The van der Waals surface area contributed by atoms with Crippen LogP contribution in [0.4, 0.5) is 13.2 Å². The highest BCUT2D eigenvalue weighted by Crippen LogP contribution is 2.53. The fourth-order valence-corrected chi connectivity index (χ4v) is 5.51. The number of nitrogens with one attached hydrogen (secondary N) is 1. The summed E-state index contributed by atoms with van der Waals surface area (Å²) < 4.78 is 67.8. The molecule has 2 atom stereocenters. The molecule has 0 bridgehead atoms. The number of rotatable bonds is 7. The molecule has 212 valence electrons. The summed E-state index contributed by atoms with van der Waals surface area (Å²) in [5.41, 5.74) is -0.912. The number of aromatic nitrogens is 3. The Hall–Kier alpha value is -2.99. The van der Waals surface area contributed by atoms with Crippen LogP contribution in [0.5, 0.6) is 0 Å². The summed E-state index contributed by atoms with van der Waals surface area (Å²) in [7, 11) is -3.41. The third-order valence-electron chi connectivity index (χ3n) is 7.23. The van der Waals surface area contributed by atoms with Gasteiger partial charge in [0.1, 0.15) is 11.5 Å². The Morgan fingerprint density at radius 2 is 1.90 bits per heavy atom. The number of allylic oxidation sites excluding steroid dienone is 3. The molecule has 39 heavy (non-hydrogen) atoms. The zero-order valence-electron chi connectivity index (χ0n) is 22.5. The lowest BCUT2D eigenvalue weighted by molar-refractivity contribution is -0.184. The van der Waals surface area contributed by atoms with Gasteiger partial charge >= 0.3 is 6.18 Å². The first kappa shape index (κ1) is 29.0. The zero-order valence-corrected chi connectivity index (χ0v) is 23.3. The van der Waals surface area contributed by atoms with Crippen molar-refractivity contribution in [2.45, 2.75) is 75.7 Å². The largest absolute Gasteiger partial charge is 0.396 e. The maximum Gasteiger partial charge on any atom is 0.396 e. The lowest BCUT2D eigenvalue weighted by atomic mass is 9.77. The molecular formula is C27H33F3N4O4S. The van der Waals surface area contributed by atoms with Crippen LogP contribution in [-0.4, -0.2) is 52.0 Å². The molecule has 0 radical (unpaired) electrons. The van der Waals surface area contributed by atoms with Crippen molar-refractivity contribution >= 4 is 15.7 Å². The first-order valence-corrected chi connectivity index (χ1v) is 14.5. The highest BCUT2D eigenvalue weighted by molar-refractivity contribution is 7.90. The monoisotopic (exact) mass is 566 g/mol. The molecule has 2 aliphatic carbocycles. The quantitative estimate of drug-likeness (QED) is 0.523. The second-order valence-corrected chi connectivity index (χ2v) is 13.4. The van der Waals surface area contributed by atoms with E-state index in [0.29, 0.717) is 30.1 Å². The van der Waals surface area contributed by atoms with E-state index in [1.165, 1.54) is 30.5 Å². The minimum Gasteiger partial charge on any atom is -0.389 e. The van der Waals surface area contributed by atoms with Crippen molar-refractivity contribution in [3.63, 3.8) is 0 Å². The van der Waals surface area contributed by atoms with E-state index in [-0.39, 0.29) is 29.3 Å². The number of alkyl halides is 3. The molecule has 12 heteroatoms. The van der Waals surface area contributed by atoms with Crippen LogP contribution in [0.1, 0.15) is 61.3 Å². The second-order valence-electron chi connectivity index (χ2n) is 11.4. The summed E-state index contributed by atoms with van der Waals surface area (Å²) in [4.78, 5) is 21.8. The van der Waals surface area contributed by atoms with Gasteiger partial charge in [0.05, 0.1) is 28.7 Å². The van der Waals surface area contributed by atoms with Gasteiger partial charge in [-0.15, -0.1) is 0 Å². The summed E-state index contributed by atoms with van der Waals surface area (Å²) in [6.07, 6.45) is 2.83. The number of aliphatic hydroxyl groups is 1. The Balaban J connectivity index is 1.61. The molecule has 2 heterocycles. The van der Waals surface area contributed by atoms with E-state index in [1.54, 1.807) is 17.6 Å². The van der Waals surface area contributed by atoms with Crippen LogP contribution in [0.15, 0.2) is 47.0 Å². The Morgan fingerprint density at radius 3 is 2.41 bits per heavy atom. The predicted octanol–water partition coefficient (Wildman–Crippen LogP) is 4.03. The summed E-state index contributed by atoms with van der Waals surface area (Å²) in [6, 6.07) is 2.89. The highest BCUT2D eigenvalue weighted by atomic mass is 32.2. The zero-order chi connectivity index (χ0) is 29.0. The first-order valence-electron chi connectivity index (χ1n) is 12.6. The molecule has 1 amide bonds. The van der Waals surface area contributed by atoms with Crippen LogP contribution in [0.2, 0.25) is 0 Å². The second kappa shape index (κ2) is 9.88. The summed E-state index contributed by atoms with van der Waals surface area (Å²) in [5, 5.41) is 13.3. The first-order chi connectivity index (χ1) is 17.9. The number of carbonyl (C=O) groups excluding carboxylic acids is 1. The number of halogens is 3. The molecule has 0 spiro atoms. The van der Waals surface area contributed by atoms with Crippen molar-refractivity contribution in [1.29, 1.82) is 0 Å². The van der Waals surface area contributed by atoms with Crippen LogP contribution in [-0.2, 0) is 28.3 Å². The molecule has 2 aromatic heterocycles. The SMILES string of the molecule is Cc1c(C(=O)NCc2ccc(S(C)(=O)=O)cn2)nc(C(C)(C)C)n1CC1=CC=CC(C2(O)CC2)C1C(F)(F)F. The minimum atomic E-state index is -4.56. The molecule has 1 saturated carbocycles. The van der Waals surface area contributed by atoms with Gasteiger partial charge < -0.3 is 15.0 Å². The van der Waals surface area contributed by atoms with E-state index in [4.69, 9.17) is 0 Å². The van der Waals surface area contributed by atoms with E-state index >= 15 is 0 Å². The average Bonchev–Trinajstić information content (AvgIpc) is 3.49. The van der Waals surface area contributed by atoms with Crippen LogP contribution in [0, 0.1) is 18.8 Å². The lowest BCUT2D eigenvalue weighted by Gasteiger charge is -2.35. The number of sulfone groups is 1. The molecule has 0 aliphatic heterocycles. The third-order valence-corrected chi connectivity index (χ3v) is 8.32. The Bertz CT molecular complexity index is 1430. The topological polar surface area (TPSA) is 114 Å². The molecule has 2 N–H and O–H groups in total. The lowest BCUT2D eigenvalue weighted by Crippen LogP contribution is -2.40. The number of nitrogens with zero attached hydrogens (tertiary/aromatic N) is 3. The number of hydrogen-bond donors (Lipinski definition) is 2. The van der Waals surface area contributed by atoms with Gasteiger partial charge in [-0.1, -0.05) is 39.0 Å². The number of hydrogen-bond acceptors (Lipinski definition) is 6. The summed E-state index contributed by atoms with van der Waals surface area (Å²) >= 11 is 0. The smallest absolute Gasteiger partial charge is 0.389 e. The van der Waals surface area contributed by atoms with Gasteiger partial charge in [-0.25, -0.2) is 13.4 Å². The van der Waals surface area contributed by atoms with E-state index in [0.717, 1.165) is 6.26 Å². The van der Waals surface area contributed by atoms with Crippen molar-refractivity contribution in [3.05, 3.63) is 65.0 Å². The van der Waals surface area contributed by atoms with Crippen molar-refractivity contribution < 1.29 is 31.5 Å². The summed E-state index contributed by atoms with van der Waals surface area (Å²) in [5.74, 6) is -2.98. The van der Waals surface area contributed by atoms with Gasteiger partial charge in [-0.3, -0.25) is 9.78 Å². The van der Waals surface area contributed by atoms with Gasteiger partial charge in [-0.05, 0) is 37.5 Å². The average molecular weight is 567 g/mol.